The minimum atomic E-state index is -0.104. The van der Waals surface area contributed by atoms with Crippen molar-refractivity contribution in [3.63, 3.8) is 0 Å². The molecule has 1 aliphatic heterocycles. The fourth-order valence-corrected chi connectivity index (χ4v) is 4.05. The molecule has 2 N–H and O–H groups in total. The molecule has 3 nitrogen and oxygen atoms in total. The highest BCUT2D eigenvalue weighted by Crippen LogP contribution is 2.38. The summed E-state index contributed by atoms with van der Waals surface area (Å²) < 4.78 is 0. The predicted molar refractivity (Wildman–Crippen MR) is 83.6 cm³/mol. The highest BCUT2D eigenvalue weighted by molar-refractivity contribution is 5.83. The van der Waals surface area contributed by atoms with E-state index in [1.165, 1.54) is 19.3 Å². The molecular weight excluding hydrogens is 248 g/mol. The van der Waals surface area contributed by atoms with Crippen molar-refractivity contribution in [2.75, 3.05) is 13.1 Å². The van der Waals surface area contributed by atoms with Crippen LogP contribution in [0, 0.1) is 10.8 Å². The lowest BCUT2D eigenvalue weighted by Crippen LogP contribution is -2.54. The van der Waals surface area contributed by atoms with E-state index in [-0.39, 0.29) is 10.8 Å². The Balaban J connectivity index is 2.04. The van der Waals surface area contributed by atoms with Gasteiger partial charge >= 0.3 is 0 Å². The van der Waals surface area contributed by atoms with Crippen LogP contribution in [0.25, 0.3) is 0 Å². The van der Waals surface area contributed by atoms with Gasteiger partial charge in [0.05, 0.1) is 5.41 Å². The number of piperidine rings is 1. The van der Waals surface area contributed by atoms with Gasteiger partial charge < -0.3 is 10.6 Å². The number of rotatable bonds is 4. The van der Waals surface area contributed by atoms with Crippen molar-refractivity contribution in [3.8, 4) is 0 Å². The van der Waals surface area contributed by atoms with Gasteiger partial charge in [-0.15, -0.1) is 0 Å². The first-order chi connectivity index (χ1) is 9.50. The maximum Gasteiger partial charge on any atom is 0.226 e. The fourth-order valence-electron chi connectivity index (χ4n) is 4.05. The number of hydrogen-bond acceptors (Lipinski definition) is 2. The van der Waals surface area contributed by atoms with E-state index < -0.39 is 0 Å². The molecular formula is C17H32N2O. The third kappa shape index (κ3) is 3.36. The van der Waals surface area contributed by atoms with E-state index in [1.807, 2.05) is 0 Å². The molecule has 1 unspecified atom stereocenters. The summed E-state index contributed by atoms with van der Waals surface area (Å²) >= 11 is 0. The number of nitrogens with one attached hydrogen (secondary N) is 2. The van der Waals surface area contributed by atoms with Crippen LogP contribution in [0.3, 0.4) is 0 Å². The van der Waals surface area contributed by atoms with Gasteiger partial charge in [0, 0.05) is 6.04 Å². The third-order valence-electron chi connectivity index (χ3n) is 5.58. The fraction of sp³-hybridized carbons (Fsp3) is 0.941. The molecule has 2 aliphatic rings. The summed E-state index contributed by atoms with van der Waals surface area (Å²) in [5.41, 5.74) is 0.155. The second-order valence-corrected chi connectivity index (χ2v) is 7.54. The highest BCUT2D eigenvalue weighted by Gasteiger charge is 2.41. The predicted octanol–water partition coefficient (Wildman–Crippen LogP) is 3.24. The van der Waals surface area contributed by atoms with E-state index in [2.05, 4.69) is 31.4 Å². The highest BCUT2D eigenvalue weighted by atomic mass is 16.2. The number of carbonyl (C=O) groups excluding carboxylic acids is 1. The SMILES string of the molecule is CCCC1(C(=O)NC2CCCCC2(C)C)CCNCC1. The lowest BCUT2D eigenvalue weighted by molar-refractivity contribution is -0.135. The van der Waals surface area contributed by atoms with Crippen LogP contribution in [-0.4, -0.2) is 25.0 Å². The lowest BCUT2D eigenvalue weighted by atomic mass is 9.71. The van der Waals surface area contributed by atoms with Crippen molar-refractivity contribution >= 4 is 5.91 Å². The molecule has 0 aromatic rings. The van der Waals surface area contributed by atoms with Crippen LogP contribution >= 0.6 is 0 Å². The van der Waals surface area contributed by atoms with Gasteiger partial charge in [-0.3, -0.25) is 4.79 Å². The van der Waals surface area contributed by atoms with E-state index in [4.69, 9.17) is 0 Å². The molecule has 0 spiro atoms. The van der Waals surface area contributed by atoms with Crippen LogP contribution in [-0.2, 0) is 4.79 Å². The van der Waals surface area contributed by atoms with Crippen molar-refractivity contribution in [2.45, 2.75) is 78.2 Å². The molecule has 0 bridgehead atoms. The van der Waals surface area contributed by atoms with Crippen molar-refractivity contribution in [1.29, 1.82) is 0 Å². The van der Waals surface area contributed by atoms with Gasteiger partial charge in [-0.1, -0.05) is 40.0 Å². The Hall–Kier alpha value is -0.570. The molecule has 1 aliphatic carbocycles. The van der Waals surface area contributed by atoms with Crippen molar-refractivity contribution in [3.05, 3.63) is 0 Å². The number of amides is 1. The zero-order valence-electron chi connectivity index (χ0n) is 13.6. The van der Waals surface area contributed by atoms with Gasteiger partial charge in [-0.2, -0.15) is 0 Å². The summed E-state index contributed by atoms with van der Waals surface area (Å²) in [5.74, 6) is 0.334. The molecule has 2 rings (SSSR count). The molecule has 2 fully saturated rings. The van der Waals surface area contributed by atoms with Crippen LogP contribution in [0.15, 0.2) is 0 Å². The summed E-state index contributed by atoms with van der Waals surface area (Å²) in [6.45, 7) is 8.79. The topological polar surface area (TPSA) is 41.1 Å². The van der Waals surface area contributed by atoms with Crippen LogP contribution in [0.4, 0.5) is 0 Å². The third-order valence-corrected chi connectivity index (χ3v) is 5.58. The average molecular weight is 280 g/mol. The molecule has 1 amide bonds. The molecule has 0 aromatic carbocycles. The summed E-state index contributed by atoms with van der Waals surface area (Å²) in [7, 11) is 0. The summed E-state index contributed by atoms with van der Waals surface area (Å²) in [6.07, 6.45) is 9.09. The van der Waals surface area contributed by atoms with E-state index in [9.17, 15) is 4.79 Å². The van der Waals surface area contributed by atoms with Gasteiger partial charge in [0.2, 0.25) is 5.91 Å². The molecule has 1 saturated heterocycles. The summed E-state index contributed by atoms with van der Waals surface area (Å²) in [5, 5.41) is 6.83. The maximum absolute atomic E-state index is 12.9. The second kappa shape index (κ2) is 6.46. The summed E-state index contributed by atoms with van der Waals surface area (Å²) in [6, 6.07) is 0.368. The molecule has 0 radical (unpaired) electrons. The first kappa shape index (κ1) is 15.8. The largest absolute Gasteiger partial charge is 0.352 e. The Morgan fingerprint density at radius 3 is 2.50 bits per heavy atom. The summed E-state index contributed by atoms with van der Waals surface area (Å²) in [4.78, 5) is 12.9. The number of carbonyl (C=O) groups is 1. The Labute approximate surface area is 124 Å². The standard InChI is InChI=1S/C17H32N2O/c1-4-8-17(10-12-18-13-11-17)15(20)19-14-7-5-6-9-16(14,2)3/h14,18H,4-13H2,1-3H3,(H,19,20). The Bertz CT molecular complexity index is 326. The van der Waals surface area contributed by atoms with Gasteiger partial charge in [0.25, 0.3) is 0 Å². The maximum atomic E-state index is 12.9. The van der Waals surface area contributed by atoms with Crippen LogP contribution in [0.5, 0.6) is 0 Å². The van der Waals surface area contributed by atoms with E-state index in [0.29, 0.717) is 11.9 Å². The smallest absolute Gasteiger partial charge is 0.226 e. The van der Waals surface area contributed by atoms with Crippen LogP contribution in [0.1, 0.15) is 72.1 Å². The normalized spacial score (nSPS) is 28.9. The zero-order valence-corrected chi connectivity index (χ0v) is 13.6. The monoisotopic (exact) mass is 280 g/mol. The van der Waals surface area contributed by atoms with Gasteiger partial charge in [-0.05, 0) is 50.6 Å². The molecule has 1 saturated carbocycles. The first-order valence-corrected chi connectivity index (χ1v) is 8.52. The van der Waals surface area contributed by atoms with Crippen molar-refractivity contribution < 1.29 is 4.79 Å². The van der Waals surface area contributed by atoms with Crippen LogP contribution in [0.2, 0.25) is 0 Å². The minimum absolute atomic E-state index is 0.104. The van der Waals surface area contributed by atoms with Crippen molar-refractivity contribution in [1.82, 2.24) is 10.6 Å². The molecule has 1 atom stereocenters. The van der Waals surface area contributed by atoms with Crippen molar-refractivity contribution in [2.24, 2.45) is 10.8 Å². The molecule has 116 valence electrons. The van der Waals surface area contributed by atoms with E-state index in [0.717, 1.165) is 45.2 Å². The van der Waals surface area contributed by atoms with E-state index >= 15 is 0 Å². The van der Waals surface area contributed by atoms with Gasteiger partial charge in [0.1, 0.15) is 0 Å². The van der Waals surface area contributed by atoms with E-state index in [1.54, 1.807) is 0 Å². The second-order valence-electron chi connectivity index (χ2n) is 7.54. The zero-order chi connectivity index (χ0) is 14.6. The minimum Gasteiger partial charge on any atom is -0.352 e. The first-order valence-electron chi connectivity index (χ1n) is 8.52. The Kier molecular flexibility index (Phi) is 5.11. The Morgan fingerprint density at radius 1 is 1.20 bits per heavy atom. The average Bonchev–Trinajstić information content (AvgIpc) is 2.42. The number of hydrogen-bond donors (Lipinski definition) is 2. The quantitative estimate of drug-likeness (QED) is 0.830. The lowest BCUT2D eigenvalue weighted by Gasteiger charge is -2.43. The van der Waals surface area contributed by atoms with Gasteiger partial charge in [-0.25, -0.2) is 0 Å². The molecule has 1 heterocycles. The molecule has 3 heteroatoms. The van der Waals surface area contributed by atoms with Gasteiger partial charge in [0.15, 0.2) is 0 Å². The Morgan fingerprint density at radius 2 is 1.90 bits per heavy atom. The molecule has 20 heavy (non-hydrogen) atoms. The molecule has 0 aromatic heterocycles. The van der Waals surface area contributed by atoms with Crippen LogP contribution < -0.4 is 10.6 Å².